The van der Waals surface area contributed by atoms with Gasteiger partial charge in [0.25, 0.3) is 0 Å². The van der Waals surface area contributed by atoms with E-state index in [1.165, 1.54) is 0 Å². The minimum Gasteiger partial charge on any atom is -0.338 e. The minimum absolute atomic E-state index is 0.147. The summed E-state index contributed by atoms with van der Waals surface area (Å²) < 4.78 is 35.4. The van der Waals surface area contributed by atoms with Crippen LogP contribution in [0.4, 0.5) is 18.0 Å². The quantitative estimate of drug-likeness (QED) is 0.711. The van der Waals surface area contributed by atoms with E-state index in [0.717, 1.165) is 25.7 Å². The van der Waals surface area contributed by atoms with Crippen LogP contribution in [0.5, 0.6) is 0 Å². The number of hydrogen-bond donors (Lipinski definition) is 3. The first-order valence-electron chi connectivity index (χ1n) is 5.71. The van der Waals surface area contributed by atoms with Gasteiger partial charge in [-0.15, -0.1) is 0 Å². The number of rotatable bonds is 3. The van der Waals surface area contributed by atoms with Crippen molar-refractivity contribution in [1.82, 2.24) is 10.6 Å². The Labute approximate surface area is 98.1 Å². The molecule has 2 unspecified atom stereocenters. The molecule has 2 amide bonds. The van der Waals surface area contributed by atoms with Gasteiger partial charge in [0.1, 0.15) is 6.54 Å². The highest BCUT2D eigenvalue weighted by Gasteiger charge is 2.27. The second-order valence-electron chi connectivity index (χ2n) is 4.47. The van der Waals surface area contributed by atoms with E-state index in [9.17, 15) is 18.0 Å². The molecule has 0 heterocycles. The van der Waals surface area contributed by atoms with E-state index in [2.05, 4.69) is 5.32 Å². The van der Waals surface area contributed by atoms with Crippen LogP contribution >= 0.6 is 0 Å². The summed E-state index contributed by atoms with van der Waals surface area (Å²) in [5.74, 6) is 0.274. The van der Waals surface area contributed by atoms with Crippen molar-refractivity contribution in [1.29, 1.82) is 0 Å². The topological polar surface area (TPSA) is 67.1 Å². The lowest BCUT2D eigenvalue weighted by Gasteiger charge is -2.26. The first-order chi connectivity index (χ1) is 7.87. The zero-order chi connectivity index (χ0) is 12.9. The predicted octanol–water partition coefficient (Wildman–Crippen LogP) is 1.37. The summed E-state index contributed by atoms with van der Waals surface area (Å²) in [5.41, 5.74) is 5.77. The Balaban J connectivity index is 2.15. The van der Waals surface area contributed by atoms with Crippen molar-refractivity contribution in [3.8, 4) is 0 Å². The number of halogens is 3. The van der Waals surface area contributed by atoms with Crippen molar-refractivity contribution in [2.24, 2.45) is 11.7 Å². The highest BCUT2D eigenvalue weighted by molar-refractivity contribution is 5.73. The van der Waals surface area contributed by atoms with Crippen molar-refractivity contribution in [3.05, 3.63) is 0 Å². The fourth-order valence-electron chi connectivity index (χ4n) is 2.00. The van der Waals surface area contributed by atoms with E-state index >= 15 is 0 Å². The summed E-state index contributed by atoms with van der Waals surface area (Å²) in [6.07, 6.45) is -0.591. The van der Waals surface area contributed by atoms with Crippen LogP contribution in [-0.4, -0.2) is 31.3 Å². The van der Waals surface area contributed by atoms with Crippen LogP contribution in [-0.2, 0) is 0 Å². The van der Waals surface area contributed by atoms with E-state index in [0.29, 0.717) is 6.54 Å². The van der Waals surface area contributed by atoms with Crippen LogP contribution in [0.25, 0.3) is 0 Å². The van der Waals surface area contributed by atoms with E-state index < -0.39 is 18.8 Å². The molecule has 2 atom stereocenters. The Bertz CT molecular complexity index is 258. The second kappa shape index (κ2) is 6.09. The van der Waals surface area contributed by atoms with E-state index in [-0.39, 0.29) is 12.0 Å². The normalized spacial score (nSPS) is 25.4. The number of nitrogens with two attached hydrogens (primary N) is 1. The molecule has 1 saturated carbocycles. The third-order valence-corrected chi connectivity index (χ3v) is 2.82. The average molecular weight is 253 g/mol. The van der Waals surface area contributed by atoms with Gasteiger partial charge in [0.15, 0.2) is 0 Å². The fourth-order valence-corrected chi connectivity index (χ4v) is 2.00. The minimum atomic E-state index is -4.37. The Morgan fingerprint density at radius 2 is 2.00 bits per heavy atom. The molecule has 4 N–H and O–H groups in total. The third kappa shape index (κ3) is 6.35. The van der Waals surface area contributed by atoms with Crippen molar-refractivity contribution in [2.45, 2.75) is 37.9 Å². The number of carbonyl (C=O) groups is 1. The molecule has 1 aliphatic rings. The van der Waals surface area contributed by atoms with E-state index in [4.69, 9.17) is 5.73 Å². The van der Waals surface area contributed by atoms with Crippen molar-refractivity contribution >= 4 is 6.03 Å². The molecule has 0 bridgehead atoms. The monoisotopic (exact) mass is 253 g/mol. The summed E-state index contributed by atoms with van der Waals surface area (Å²) >= 11 is 0. The van der Waals surface area contributed by atoms with Gasteiger partial charge < -0.3 is 16.4 Å². The van der Waals surface area contributed by atoms with Crippen molar-refractivity contribution < 1.29 is 18.0 Å². The maximum absolute atomic E-state index is 11.8. The molecule has 4 nitrogen and oxygen atoms in total. The van der Waals surface area contributed by atoms with E-state index in [1.807, 2.05) is 0 Å². The Morgan fingerprint density at radius 1 is 1.29 bits per heavy atom. The predicted molar refractivity (Wildman–Crippen MR) is 57.4 cm³/mol. The van der Waals surface area contributed by atoms with Gasteiger partial charge in [0.2, 0.25) is 0 Å². The number of hydrogen-bond acceptors (Lipinski definition) is 2. The van der Waals surface area contributed by atoms with Gasteiger partial charge in [-0.2, -0.15) is 13.2 Å². The molecule has 0 aromatic heterocycles. The largest absolute Gasteiger partial charge is 0.405 e. The van der Waals surface area contributed by atoms with Crippen LogP contribution in [0.15, 0.2) is 0 Å². The SMILES string of the molecule is NC1CCCC(CNC(=O)NCC(F)(F)F)C1. The molecular weight excluding hydrogens is 235 g/mol. The molecule has 0 radical (unpaired) electrons. The second-order valence-corrected chi connectivity index (χ2v) is 4.47. The number of amides is 2. The maximum Gasteiger partial charge on any atom is 0.405 e. The molecule has 1 rings (SSSR count). The lowest BCUT2D eigenvalue weighted by Crippen LogP contribution is -2.43. The number of urea groups is 1. The Hall–Kier alpha value is -0.980. The molecule has 100 valence electrons. The van der Waals surface area contributed by atoms with Gasteiger partial charge in [-0.25, -0.2) is 4.79 Å². The lowest BCUT2D eigenvalue weighted by molar-refractivity contribution is -0.122. The number of nitrogens with one attached hydrogen (secondary N) is 2. The van der Waals surface area contributed by atoms with Crippen LogP contribution in [0, 0.1) is 5.92 Å². The summed E-state index contributed by atoms with van der Waals surface area (Å²) in [7, 11) is 0. The molecule has 0 spiro atoms. The molecule has 7 heteroatoms. The number of carbonyl (C=O) groups excluding carboxylic acids is 1. The maximum atomic E-state index is 11.8. The standard InChI is InChI=1S/C10H18F3N3O/c11-10(12,13)6-16-9(17)15-5-7-2-1-3-8(14)4-7/h7-8H,1-6,14H2,(H2,15,16,17). The summed E-state index contributed by atoms with van der Waals surface area (Å²) in [6.45, 7) is -0.916. The zero-order valence-electron chi connectivity index (χ0n) is 9.52. The molecule has 0 saturated heterocycles. The van der Waals surface area contributed by atoms with Gasteiger partial charge in [-0.3, -0.25) is 0 Å². The first-order valence-corrected chi connectivity index (χ1v) is 5.71. The molecule has 0 aliphatic heterocycles. The van der Waals surface area contributed by atoms with Crippen LogP contribution in [0.3, 0.4) is 0 Å². The molecule has 0 aromatic rings. The fraction of sp³-hybridized carbons (Fsp3) is 0.900. The van der Waals surface area contributed by atoms with Crippen LogP contribution in [0.2, 0.25) is 0 Å². The summed E-state index contributed by atoms with van der Waals surface area (Å²) in [5, 5.41) is 4.21. The van der Waals surface area contributed by atoms with Crippen LogP contribution < -0.4 is 16.4 Å². The van der Waals surface area contributed by atoms with Gasteiger partial charge in [-0.1, -0.05) is 6.42 Å². The molecule has 0 aromatic carbocycles. The highest BCUT2D eigenvalue weighted by atomic mass is 19.4. The van der Waals surface area contributed by atoms with Gasteiger partial charge in [0.05, 0.1) is 0 Å². The van der Waals surface area contributed by atoms with Crippen molar-refractivity contribution in [2.75, 3.05) is 13.1 Å². The van der Waals surface area contributed by atoms with E-state index in [1.54, 1.807) is 5.32 Å². The Kier molecular flexibility index (Phi) is 5.04. The number of alkyl halides is 3. The molecule has 1 aliphatic carbocycles. The van der Waals surface area contributed by atoms with Crippen molar-refractivity contribution in [3.63, 3.8) is 0 Å². The van der Waals surface area contributed by atoms with Gasteiger partial charge >= 0.3 is 12.2 Å². The lowest BCUT2D eigenvalue weighted by atomic mass is 9.86. The zero-order valence-corrected chi connectivity index (χ0v) is 9.52. The average Bonchev–Trinajstić information content (AvgIpc) is 2.23. The van der Waals surface area contributed by atoms with Gasteiger partial charge in [0, 0.05) is 12.6 Å². The Morgan fingerprint density at radius 3 is 2.59 bits per heavy atom. The summed E-state index contributed by atoms with van der Waals surface area (Å²) in [6, 6.07) is -0.629. The van der Waals surface area contributed by atoms with Gasteiger partial charge in [-0.05, 0) is 25.2 Å². The smallest absolute Gasteiger partial charge is 0.338 e. The first kappa shape index (κ1) is 14.1. The molecule has 17 heavy (non-hydrogen) atoms. The van der Waals surface area contributed by atoms with Crippen LogP contribution in [0.1, 0.15) is 25.7 Å². The molecule has 1 fully saturated rings. The molecular formula is C10H18F3N3O. The highest BCUT2D eigenvalue weighted by Crippen LogP contribution is 2.22. The third-order valence-electron chi connectivity index (χ3n) is 2.82. The summed E-state index contributed by atoms with van der Waals surface area (Å²) in [4.78, 5) is 11.1.